The van der Waals surface area contributed by atoms with Crippen LogP contribution in [0.3, 0.4) is 0 Å². The van der Waals surface area contributed by atoms with Gasteiger partial charge in [-0.1, -0.05) is 18.2 Å². The van der Waals surface area contributed by atoms with Gasteiger partial charge >= 0.3 is 0 Å². The molecule has 2 N–H and O–H groups in total. The van der Waals surface area contributed by atoms with Gasteiger partial charge in [-0.15, -0.1) is 0 Å². The minimum absolute atomic E-state index is 0.0419. The summed E-state index contributed by atoms with van der Waals surface area (Å²) < 4.78 is 32.3. The van der Waals surface area contributed by atoms with E-state index in [2.05, 4.69) is 10.0 Å². The van der Waals surface area contributed by atoms with Crippen LogP contribution in [0.4, 0.5) is 11.4 Å². The van der Waals surface area contributed by atoms with Gasteiger partial charge in [-0.3, -0.25) is 19.7 Å². The number of methoxy groups -OCH3 is 1. The van der Waals surface area contributed by atoms with Crippen LogP contribution in [-0.4, -0.2) is 59.3 Å². The first kappa shape index (κ1) is 27.3. The molecule has 0 saturated heterocycles. The van der Waals surface area contributed by atoms with E-state index < -0.39 is 26.6 Å². The van der Waals surface area contributed by atoms with Crippen LogP contribution >= 0.6 is 0 Å². The van der Waals surface area contributed by atoms with Crippen LogP contribution in [0.2, 0.25) is 0 Å². The molecule has 0 spiro atoms. The number of rotatable bonds is 11. The lowest BCUT2D eigenvalue weighted by Crippen LogP contribution is -2.35. The van der Waals surface area contributed by atoms with Crippen LogP contribution in [-0.2, 0) is 10.0 Å². The Kier molecular flexibility index (Phi) is 8.58. The fourth-order valence-corrected chi connectivity index (χ4v) is 4.55. The fourth-order valence-electron chi connectivity index (χ4n) is 3.52. The number of carbonyl (C=O) groups excluding carboxylic acids is 2. The maximum atomic E-state index is 13.2. The lowest BCUT2D eigenvalue weighted by molar-refractivity contribution is -0.384. The number of nitrogens with one attached hydrogen (secondary N) is 2. The summed E-state index contributed by atoms with van der Waals surface area (Å²) >= 11 is 0. The van der Waals surface area contributed by atoms with Gasteiger partial charge < -0.3 is 15.0 Å². The van der Waals surface area contributed by atoms with Gasteiger partial charge in [-0.05, 0) is 42.5 Å². The number of anilines is 1. The summed E-state index contributed by atoms with van der Waals surface area (Å²) in [6, 6.07) is 16.0. The van der Waals surface area contributed by atoms with Crippen molar-refractivity contribution in [1.29, 1.82) is 0 Å². The molecule has 0 saturated carbocycles. The zero-order valence-corrected chi connectivity index (χ0v) is 21.2. The summed E-state index contributed by atoms with van der Waals surface area (Å²) in [5.74, 6) is -0.631. The van der Waals surface area contributed by atoms with Crippen molar-refractivity contribution >= 4 is 33.1 Å². The average molecular weight is 527 g/mol. The molecule has 0 unspecified atom stereocenters. The number of benzene rings is 3. The number of nitro benzene ring substituents is 1. The third kappa shape index (κ3) is 6.48. The van der Waals surface area contributed by atoms with Crippen molar-refractivity contribution in [2.24, 2.45) is 0 Å². The summed E-state index contributed by atoms with van der Waals surface area (Å²) in [7, 11) is 0.984. The van der Waals surface area contributed by atoms with Gasteiger partial charge in [0.15, 0.2) is 5.78 Å². The van der Waals surface area contributed by atoms with Gasteiger partial charge in [0.05, 0.1) is 22.5 Å². The third-order valence-corrected chi connectivity index (χ3v) is 6.88. The Labute approximate surface area is 214 Å². The van der Waals surface area contributed by atoms with E-state index in [-0.39, 0.29) is 40.4 Å². The molecule has 3 aromatic rings. The summed E-state index contributed by atoms with van der Waals surface area (Å²) in [4.78, 5) is 38.5. The summed E-state index contributed by atoms with van der Waals surface area (Å²) in [5, 5.41) is 14.1. The van der Waals surface area contributed by atoms with E-state index in [1.165, 1.54) is 61.7 Å². The van der Waals surface area contributed by atoms with Gasteiger partial charge in [-0.2, -0.15) is 0 Å². The second-order valence-corrected chi connectivity index (χ2v) is 9.83. The monoisotopic (exact) mass is 526 g/mol. The van der Waals surface area contributed by atoms with Crippen molar-refractivity contribution in [3.05, 3.63) is 93.5 Å². The van der Waals surface area contributed by atoms with Crippen LogP contribution in [0.25, 0.3) is 0 Å². The van der Waals surface area contributed by atoms with Gasteiger partial charge in [0.25, 0.3) is 11.6 Å². The van der Waals surface area contributed by atoms with E-state index in [1.54, 1.807) is 31.1 Å². The molecule has 0 bridgehead atoms. The molecule has 0 aliphatic heterocycles. The molecule has 0 aromatic heterocycles. The number of hydrogen-bond donors (Lipinski definition) is 2. The van der Waals surface area contributed by atoms with E-state index in [1.807, 2.05) is 0 Å². The van der Waals surface area contributed by atoms with E-state index >= 15 is 0 Å². The topological polar surface area (TPSA) is 148 Å². The maximum Gasteiger partial charge on any atom is 0.293 e. The van der Waals surface area contributed by atoms with E-state index in [4.69, 9.17) is 4.74 Å². The standard InChI is InChI=1S/C25H26N4O7S/c1-28(2)22-13-8-17(16-23(22)29(32)33)24(30)20-6-4-5-7-21(20)25(31)26-14-15-27-37(34,35)19-11-9-18(36-3)10-12-19/h4-13,16,27H,14-15H2,1-3H3,(H,26,31). The van der Waals surface area contributed by atoms with Crippen LogP contribution < -0.4 is 19.7 Å². The Balaban J connectivity index is 1.70. The second kappa shape index (κ2) is 11.6. The van der Waals surface area contributed by atoms with Crippen molar-refractivity contribution in [2.45, 2.75) is 4.90 Å². The van der Waals surface area contributed by atoms with E-state index in [0.717, 1.165) is 0 Å². The largest absolute Gasteiger partial charge is 0.497 e. The highest BCUT2D eigenvalue weighted by Gasteiger charge is 2.23. The molecular weight excluding hydrogens is 500 g/mol. The first-order valence-corrected chi connectivity index (χ1v) is 12.5. The third-order valence-electron chi connectivity index (χ3n) is 5.40. The Morgan fingerprint density at radius 3 is 2.22 bits per heavy atom. The molecule has 0 radical (unpaired) electrons. The molecule has 0 fully saturated rings. The molecule has 12 heteroatoms. The highest BCUT2D eigenvalue weighted by Crippen LogP contribution is 2.29. The van der Waals surface area contributed by atoms with Crippen LogP contribution in [0.5, 0.6) is 5.75 Å². The molecule has 0 atom stereocenters. The summed E-state index contributed by atoms with van der Waals surface area (Å²) in [5.41, 5.74) is 0.284. The summed E-state index contributed by atoms with van der Waals surface area (Å²) in [6.45, 7) is -0.131. The van der Waals surface area contributed by atoms with Gasteiger partial charge in [0.2, 0.25) is 10.0 Å². The molecule has 3 aromatic carbocycles. The first-order chi connectivity index (χ1) is 17.5. The van der Waals surface area contributed by atoms with Crippen LogP contribution in [0, 0.1) is 10.1 Å². The number of ether oxygens (including phenoxy) is 1. The van der Waals surface area contributed by atoms with Crippen molar-refractivity contribution in [3.8, 4) is 5.75 Å². The highest BCUT2D eigenvalue weighted by molar-refractivity contribution is 7.89. The molecule has 3 rings (SSSR count). The molecule has 1 amide bonds. The highest BCUT2D eigenvalue weighted by atomic mass is 32.2. The number of ketones is 1. The molecule has 0 aliphatic carbocycles. The summed E-state index contributed by atoms with van der Waals surface area (Å²) in [6.07, 6.45) is 0. The predicted molar refractivity (Wildman–Crippen MR) is 138 cm³/mol. The Bertz CT molecular complexity index is 1420. The Hall–Kier alpha value is -4.29. The zero-order valence-electron chi connectivity index (χ0n) is 20.4. The molecule has 11 nitrogen and oxygen atoms in total. The average Bonchev–Trinajstić information content (AvgIpc) is 2.90. The normalized spacial score (nSPS) is 11.0. The first-order valence-electron chi connectivity index (χ1n) is 11.1. The predicted octanol–water partition coefficient (Wildman–Crippen LogP) is 2.61. The van der Waals surface area contributed by atoms with Crippen molar-refractivity contribution in [2.75, 3.05) is 39.2 Å². The van der Waals surface area contributed by atoms with Crippen molar-refractivity contribution in [3.63, 3.8) is 0 Å². The number of amides is 1. The van der Waals surface area contributed by atoms with E-state index in [0.29, 0.717) is 11.4 Å². The number of nitrogens with zero attached hydrogens (tertiary/aromatic N) is 2. The Morgan fingerprint density at radius 1 is 0.973 bits per heavy atom. The molecule has 0 aliphatic rings. The Morgan fingerprint density at radius 2 is 1.62 bits per heavy atom. The molecule has 37 heavy (non-hydrogen) atoms. The lowest BCUT2D eigenvalue weighted by atomic mass is 9.97. The van der Waals surface area contributed by atoms with Gasteiger partial charge in [-0.25, -0.2) is 13.1 Å². The molecule has 194 valence electrons. The van der Waals surface area contributed by atoms with Crippen LogP contribution in [0.15, 0.2) is 71.6 Å². The lowest BCUT2D eigenvalue weighted by Gasteiger charge is -2.14. The number of carbonyl (C=O) groups is 2. The van der Waals surface area contributed by atoms with Crippen molar-refractivity contribution in [1.82, 2.24) is 10.0 Å². The van der Waals surface area contributed by atoms with Gasteiger partial charge in [0, 0.05) is 44.4 Å². The van der Waals surface area contributed by atoms with E-state index in [9.17, 15) is 28.1 Å². The SMILES string of the molecule is COc1ccc(S(=O)(=O)NCCNC(=O)c2ccccc2C(=O)c2ccc(N(C)C)c([N+](=O)[O-])c2)cc1. The zero-order chi connectivity index (χ0) is 27.2. The molecular formula is C25H26N4O7S. The number of nitro groups is 1. The molecule has 0 heterocycles. The number of sulfonamides is 1. The minimum atomic E-state index is -3.80. The van der Waals surface area contributed by atoms with Crippen LogP contribution in [0.1, 0.15) is 26.3 Å². The maximum absolute atomic E-state index is 13.2. The minimum Gasteiger partial charge on any atom is -0.497 e. The quantitative estimate of drug-likeness (QED) is 0.168. The van der Waals surface area contributed by atoms with Gasteiger partial charge in [0.1, 0.15) is 11.4 Å². The second-order valence-electron chi connectivity index (χ2n) is 8.06. The number of hydrogen-bond acceptors (Lipinski definition) is 8. The van der Waals surface area contributed by atoms with Crippen molar-refractivity contribution < 1.29 is 27.7 Å². The smallest absolute Gasteiger partial charge is 0.293 e. The fraction of sp³-hybridized carbons (Fsp3) is 0.200.